The lowest BCUT2D eigenvalue weighted by atomic mass is 10.0. The normalized spacial score (nSPS) is 13.9. The Hall–Kier alpha value is -4.38. The molecule has 1 fully saturated rings. The third-order valence-corrected chi connectivity index (χ3v) is 8.28. The number of piperazine rings is 1. The summed E-state index contributed by atoms with van der Waals surface area (Å²) in [5, 5.41) is 6.95. The van der Waals surface area contributed by atoms with Gasteiger partial charge in [0.2, 0.25) is 5.91 Å². The van der Waals surface area contributed by atoms with Crippen LogP contribution in [0.3, 0.4) is 0 Å². The van der Waals surface area contributed by atoms with E-state index in [0.29, 0.717) is 48.3 Å². The monoisotopic (exact) mass is 663 g/mol. The third kappa shape index (κ3) is 8.06. The predicted octanol–water partition coefficient (Wildman–Crippen LogP) is 4.08. The molecule has 0 spiro atoms. The Morgan fingerprint density at radius 3 is 2.30 bits per heavy atom. The van der Waals surface area contributed by atoms with Gasteiger partial charge in [0.15, 0.2) is 11.2 Å². The Bertz CT molecular complexity index is 1790. The number of benzene rings is 3. The smallest absolute Gasteiger partial charge is 0.287 e. The topological polar surface area (TPSA) is 115 Å². The molecule has 5 rings (SSSR count). The van der Waals surface area contributed by atoms with E-state index in [1.54, 1.807) is 41.3 Å². The first-order chi connectivity index (χ1) is 22.1. The summed E-state index contributed by atoms with van der Waals surface area (Å²) in [6, 6.07) is 19.2. The summed E-state index contributed by atoms with van der Waals surface area (Å²) in [6.45, 7) is 3.02. The minimum atomic E-state index is -0.943. The molecule has 3 aromatic carbocycles. The van der Waals surface area contributed by atoms with Gasteiger partial charge in [0.1, 0.15) is 11.6 Å². The quantitative estimate of drug-likeness (QED) is 0.263. The van der Waals surface area contributed by atoms with Crippen molar-refractivity contribution in [3.63, 3.8) is 0 Å². The number of likely N-dealkylation sites (N-methyl/N-ethyl adjacent to an activating group) is 1. The van der Waals surface area contributed by atoms with Gasteiger partial charge in [0.25, 0.3) is 11.8 Å². The van der Waals surface area contributed by atoms with E-state index >= 15 is 0 Å². The van der Waals surface area contributed by atoms with Crippen molar-refractivity contribution in [1.29, 1.82) is 0 Å². The number of halogens is 2. The molecule has 2 heterocycles. The van der Waals surface area contributed by atoms with E-state index < -0.39 is 17.4 Å². The van der Waals surface area contributed by atoms with Gasteiger partial charge in [0, 0.05) is 67.5 Å². The highest BCUT2D eigenvalue weighted by molar-refractivity contribution is 6.31. The number of amides is 3. The molecular formula is C34H35Cl2N5O5. The van der Waals surface area contributed by atoms with Crippen molar-refractivity contribution in [3.05, 3.63) is 110 Å². The maximum Gasteiger partial charge on any atom is 0.287 e. The lowest BCUT2D eigenvalue weighted by Crippen LogP contribution is -2.55. The zero-order valence-electron chi connectivity index (χ0n) is 25.6. The van der Waals surface area contributed by atoms with Gasteiger partial charge in [-0.25, -0.2) is 0 Å². The first kappa shape index (κ1) is 33.0. The summed E-state index contributed by atoms with van der Waals surface area (Å²) in [7, 11) is 3.90. The number of rotatable bonds is 10. The molecule has 46 heavy (non-hydrogen) atoms. The number of carbonyl (C=O) groups excluding carboxylic acids is 3. The van der Waals surface area contributed by atoms with Crippen molar-refractivity contribution in [3.8, 4) is 0 Å². The van der Waals surface area contributed by atoms with Gasteiger partial charge >= 0.3 is 0 Å². The molecule has 0 aliphatic carbocycles. The zero-order valence-corrected chi connectivity index (χ0v) is 27.1. The number of hydrogen-bond donors (Lipinski definition) is 2. The van der Waals surface area contributed by atoms with E-state index in [2.05, 4.69) is 15.5 Å². The number of fused-ring (bicyclic) bond motifs is 1. The van der Waals surface area contributed by atoms with Gasteiger partial charge in [-0.05, 0) is 62.1 Å². The Kier molecular flexibility index (Phi) is 10.6. The predicted molar refractivity (Wildman–Crippen MR) is 180 cm³/mol. The molecule has 1 saturated heterocycles. The van der Waals surface area contributed by atoms with E-state index in [9.17, 15) is 19.2 Å². The van der Waals surface area contributed by atoms with Crippen LogP contribution in [-0.4, -0.2) is 86.9 Å². The van der Waals surface area contributed by atoms with Crippen molar-refractivity contribution in [1.82, 2.24) is 20.4 Å². The Balaban J connectivity index is 1.31. The highest BCUT2D eigenvalue weighted by atomic mass is 35.5. The Morgan fingerprint density at radius 2 is 1.59 bits per heavy atom. The van der Waals surface area contributed by atoms with Crippen molar-refractivity contribution < 1.29 is 18.8 Å². The number of para-hydroxylation sites is 1. The van der Waals surface area contributed by atoms with E-state index in [1.807, 2.05) is 37.2 Å². The van der Waals surface area contributed by atoms with Crippen molar-refractivity contribution in [2.24, 2.45) is 0 Å². The molecular weight excluding hydrogens is 629 g/mol. The van der Waals surface area contributed by atoms with Crippen LogP contribution in [0.4, 0.5) is 5.69 Å². The maximum atomic E-state index is 13.9. The first-order valence-corrected chi connectivity index (χ1v) is 15.7. The Morgan fingerprint density at radius 1 is 0.891 bits per heavy atom. The van der Waals surface area contributed by atoms with Crippen LogP contribution in [0.5, 0.6) is 0 Å². The van der Waals surface area contributed by atoms with Crippen LogP contribution in [0.25, 0.3) is 11.0 Å². The molecule has 0 bridgehead atoms. The zero-order chi connectivity index (χ0) is 32.8. The highest BCUT2D eigenvalue weighted by Crippen LogP contribution is 2.23. The minimum Gasteiger partial charge on any atom is -0.451 e. The molecule has 1 aliphatic rings. The van der Waals surface area contributed by atoms with Gasteiger partial charge in [-0.15, -0.1) is 0 Å². The molecule has 4 aromatic rings. The molecule has 0 radical (unpaired) electrons. The molecule has 12 heteroatoms. The van der Waals surface area contributed by atoms with Crippen LogP contribution in [0, 0.1) is 0 Å². The van der Waals surface area contributed by atoms with Crippen LogP contribution >= 0.6 is 23.2 Å². The van der Waals surface area contributed by atoms with Crippen LogP contribution < -0.4 is 21.0 Å². The summed E-state index contributed by atoms with van der Waals surface area (Å²) in [5.74, 6) is -1.31. The number of carbonyl (C=O) groups is 3. The molecule has 3 amide bonds. The molecule has 1 aliphatic heterocycles. The van der Waals surface area contributed by atoms with Gasteiger partial charge in [0.05, 0.1) is 10.9 Å². The summed E-state index contributed by atoms with van der Waals surface area (Å²) < 4.78 is 5.73. The second kappa shape index (κ2) is 14.8. The van der Waals surface area contributed by atoms with Crippen LogP contribution in [0.1, 0.15) is 26.5 Å². The van der Waals surface area contributed by atoms with Gasteiger partial charge in [-0.3, -0.25) is 19.2 Å². The Labute approximate surface area is 276 Å². The average Bonchev–Trinajstić information content (AvgIpc) is 3.05. The van der Waals surface area contributed by atoms with Gasteiger partial charge in [-0.1, -0.05) is 47.5 Å². The standard InChI is InChI=1S/C34H35Cl2N5O5/c1-39(2)14-13-37-32(43)25-5-3-4-6-28(25)40-15-17-41(18-16-40)34(45)27(19-22-7-9-23(35)10-8-22)38-33(44)31-21-29(42)26-20-24(36)11-12-30(26)46-31/h3-12,20-21,27H,13-19H2,1-2H3,(H,37,43)(H,38,44)/t27-/m1/s1. The summed E-state index contributed by atoms with van der Waals surface area (Å²) >= 11 is 12.1. The summed E-state index contributed by atoms with van der Waals surface area (Å²) in [4.78, 5) is 58.8. The van der Waals surface area contributed by atoms with Crippen molar-refractivity contribution in [2.45, 2.75) is 12.5 Å². The third-order valence-electron chi connectivity index (χ3n) is 7.79. The van der Waals surface area contributed by atoms with E-state index in [4.69, 9.17) is 27.6 Å². The van der Waals surface area contributed by atoms with Crippen LogP contribution in [0.15, 0.2) is 82.0 Å². The average molecular weight is 665 g/mol. The van der Waals surface area contributed by atoms with Crippen molar-refractivity contribution >= 4 is 57.6 Å². The second-order valence-electron chi connectivity index (χ2n) is 11.4. The summed E-state index contributed by atoms with van der Waals surface area (Å²) in [6.07, 6.45) is 0.200. The number of nitrogens with zero attached hydrogens (tertiary/aromatic N) is 3. The minimum absolute atomic E-state index is 0.148. The fourth-order valence-electron chi connectivity index (χ4n) is 5.34. The molecule has 1 atom stereocenters. The summed E-state index contributed by atoms with van der Waals surface area (Å²) in [5.41, 5.74) is 1.97. The number of anilines is 1. The van der Waals surface area contributed by atoms with Crippen LogP contribution in [0.2, 0.25) is 10.0 Å². The van der Waals surface area contributed by atoms with Crippen molar-refractivity contribution in [2.75, 3.05) is 58.3 Å². The van der Waals surface area contributed by atoms with E-state index in [0.717, 1.165) is 23.9 Å². The molecule has 10 nitrogen and oxygen atoms in total. The number of hydrogen-bond acceptors (Lipinski definition) is 7. The maximum absolute atomic E-state index is 13.9. The first-order valence-electron chi connectivity index (χ1n) is 14.9. The SMILES string of the molecule is CN(C)CCNC(=O)c1ccccc1N1CCN(C(=O)[C@@H](Cc2ccc(Cl)cc2)NC(=O)c2cc(=O)c3cc(Cl)ccc3o2)CC1. The van der Waals surface area contributed by atoms with E-state index in [1.165, 1.54) is 12.1 Å². The highest BCUT2D eigenvalue weighted by Gasteiger charge is 2.31. The van der Waals surface area contributed by atoms with Gasteiger partial charge in [-0.2, -0.15) is 0 Å². The second-order valence-corrected chi connectivity index (χ2v) is 12.2. The molecule has 0 saturated carbocycles. The molecule has 0 unspecified atom stereocenters. The molecule has 1 aromatic heterocycles. The van der Waals surface area contributed by atoms with E-state index in [-0.39, 0.29) is 35.0 Å². The largest absolute Gasteiger partial charge is 0.451 e. The molecule has 2 N–H and O–H groups in total. The fraction of sp³-hybridized carbons (Fsp3) is 0.294. The lowest BCUT2D eigenvalue weighted by molar-refractivity contribution is -0.133. The van der Waals surface area contributed by atoms with Gasteiger partial charge < -0.3 is 29.8 Å². The number of nitrogens with one attached hydrogen (secondary N) is 2. The van der Waals surface area contributed by atoms with Crippen LogP contribution in [-0.2, 0) is 11.2 Å². The lowest BCUT2D eigenvalue weighted by Gasteiger charge is -2.38. The molecule has 240 valence electrons. The fourth-order valence-corrected chi connectivity index (χ4v) is 5.64.